The molecule has 6 aromatic rings. The number of halogens is 1. The number of nitrogens with one attached hydrogen (secondary N) is 2. The smallest absolute Gasteiger partial charge is 0.161 e. The van der Waals surface area contributed by atoms with Crippen LogP contribution in [-0.4, -0.2) is 50.6 Å². The summed E-state index contributed by atoms with van der Waals surface area (Å²) < 4.78 is 37.7. The monoisotopic (exact) mass is 512 g/mol. The summed E-state index contributed by atoms with van der Waals surface area (Å²) >= 11 is 0. The molecular formula is C27H21FN6O2S. The van der Waals surface area contributed by atoms with E-state index in [0.29, 0.717) is 39.4 Å². The second-order valence-corrected chi connectivity index (χ2v) is 11.2. The largest absolute Gasteiger partial charge is 0.336 e. The Morgan fingerprint density at radius 2 is 1.78 bits per heavy atom. The van der Waals surface area contributed by atoms with Crippen molar-refractivity contribution in [1.29, 1.82) is 0 Å². The minimum atomic E-state index is -3.17. The number of hydrogen-bond donors (Lipinski definition) is 2. The van der Waals surface area contributed by atoms with E-state index in [1.54, 1.807) is 6.20 Å². The van der Waals surface area contributed by atoms with Crippen molar-refractivity contribution in [1.82, 2.24) is 30.1 Å². The number of sulfone groups is 1. The van der Waals surface area contributed by atoms with E-state index in [-0.39, 0.29) is 12.2 Å². The van der Waals surface area contributed by atoms with E-state index in [2.05, 4.69) is 20.2 Å². The molecule has 10 heteroatoms. The number of para-hydroxylation sites is 1. The van der Waals surface area contributed by atoms with Crippen LogP contribution >= 0.6 is 0 Å². The number of aromatic amines is 2. The van der Waals surface area contributed by atoms with Gasteiger partial charge in [-0.05, 0) is 60.0 Å². The van der Waals surface area contributed by atoms with E-state index in [4.69, 9.17) is 9.97 Å². The first-order chi connectivity index (χ1) is 17.8. The van der Waals surface area contributed by atoms with Crippen LogP contribution in [0.3, 0.4) is 0 Å². The zero-order chi connectivity index (χ0) is 25.6. The average molecular weight is 513 g/mol. The van der Waals surface area contributed by atoms with Crippen LogP contribution in [0.2, 0.25) is 0 Å². The molecule has 4 heterocycles. The number of imidazole rings is 1. The second kappa shape index (κ2) is 8.90. The fourth-order valence-corrected chi connectivity index (χ4v) is 4.96. The van der Waals surface area contributed by atoms with Crippen LogP contribution in [-0.2, 0) is 16.3 Å². The summed E-state index contributed by atoms with van der Waals surface area (Å²) in [7, 11) is -3.17. The number of fused-ring (bicyclic) bond motifs is 2. The number of pyridine rings is 2. The number of benzene rings is 2. The van der Waals surface area contributed by atoms with Crippen molar-refractivity contribution in [3.8, 4) is 34.0 Å². The number of nitrogens with zero attached hydrogens (tertiary/aromatic N) is 4. The van der Waals surface area contributed by atoms with Crippen LogP contribution in [0.1, 0.15) is 5.56 Å². The van der Waals surface area contributed by atoms with Gasteiger partial charge in [-0.25, -0.2) is 22.8 Å². The fraction of sp³-hybridized carbons (Fsp3) is 0.111. The second-order valence-electron chi connectivity index (χ2n) is 8.90. The lowest BCUT2D eigenvalue weighted by Crippen LogP contribution is -2.06. The van der Waals surface area contributed by atoms with Crippen molar-refractivity contribution in [2.75, 3.05) is 12.0 Å². The van der Waals surface area contributed by atoms with Gasteiger partial charge in [0.25, 0.3) is 0 Å². The Balaban J connectivity index is 1.44. The van der Waals surface area contributed by atoms with Gasteiger partial charge in [0, 0.05) is 18.0 Å². The first-order valence-electron chi connectivity index (χ1n) is 11.6. The van der Waals surface area contributed by atoms with Crippen LogP contribution < -0.4 is 0 Å². The molecule has 0 spiro atoms. The Hall–Kier alpha value is -4.44. The molecule has 0 atom stereocenters. The quantitative estimate of drug-likeness (QED) is 0.326. The molecule has 0 amide bonds. The molecule has 2 N–H and O–H groups in total. The Kier molecular flexibility index (Phi) is 5.53. The Bertz CT molecular complexity index is 1880. The van der Waals surface area contributed by atoms with Gasteiger partial charge in [0.1, 0.15) is 21.2 Å². The summed E-state index contributed by atoms with van der Waals surface area (Å²) in [6.45, 7) is 0. The molecule has 6 rings (SSSR count). The highest BCUT2D eigenvalue weighted by Gasteiger charge is 2.17. The van der Waals surface area contributed by atoms with Gasteiger partial charge in [-0.2, -0.15) is 5.10 Å². The molecule has 37 heavy (non-hydrogen) atoms. The maximum absolute atomic E-state index is 14.5. The van der Waals surface area contributed by atoms with Crippen molar-refractivity contribution in [3.05, 3.63) is 84.3 Å². The average Bonchev–Trinajstić information content (AvgIpc) is 3.51. The standard InChI is InChI=1S/C27H21FN6O2S/c1-37(35,36)12-10-16-13-17(15-18(28)14-16)19-5-4-7-22-24(19)32-27(31-22)26-25-23(33-34-26)9-8-21(30-25)20-6-2-3-11-29-20/h2-9,11,13-15H,10,12H2,1H3,(H,31,32)(H,33,34). The molecule has 0 saturated heterocycles. The van der Waals surface area contributed by atoms with E-state index < -0.39 is 15.7 Å². The SMILES string of the molecule is CS(=O)(=O)CCc1cc(F)cc(-c2cccc3[nH]c(-c4n[nH]c5ccc(-c6ccccn6)nc45)nc23)c1. The van der Waals surface area contributed by atoms with Gasteiger partial charge >= 0.3 is 0 Å². The van der Waals surface area contributed by atoms with Crippen LogP contribution in [0.15, 0.2) is 72.9 Å². The molecular weight excluding hydrogens is 491 g/mol. The van der Waals surface area contributed by atoms with Crippen LogP contribution in [0.4, 0.5) is 4.39 Å². The minimum absolute atomic E-state index is 0.0492. The van der Waals surface area contributed by atoms with Gasteiger partial charge in [0.15, 0.2) is 11.5 Å². The van der Waals surface area contributed by atoms with Crippen molar-refractivity contribution in [2.45, 2.75) is 6.42 Å². The summed E-state index contributed by atoms with van der Waals surface area (Å²) in [5.74, 6) is 0.0400. The third kappa shape index (κ3) is 4.58. The molecule has 184 valence electrons. The lowest BCUT2D eigenvalue weighted by molar-refractivity contribution is 0.600. The van der Waals surface area contributed by atoms with Crippen LogP contribution in [0.5, 0.6) is 0 Å². The summed E-state index contributed by atoms with van der Waals surface area (Å²) in [5.41, 5.74) is 6.79. The van der Waals surface area contributed by atoms with Gasteiger partial charge in [-0.15, -0.1) is 0 Å². The van der Waals surface area contributed by atoms with Crippen LogP contribution in [0.25, 0.3) is 56.1 Å². The van der Waals surface area contributed by atoms with Crippen LogP contribution in [0, 0.1) is 5.82 Å². The lowest BCUT2D eigenvalue weighted by atomic mass is 10.0. The number of hydrogen-bond acceptors (Lipinski definition) is 6. The lowest BCUT2D eigenvalue weighted by Gasteiger charge is -2.07. The number of rotatable bonds is 6. The summed E-state index contributed by atoms with van der Waals surface area (Å²) in [6, 6.07) is 19.7. The predicted molar refractivity (Wildman–Crippen MR) is 141 cm³/mol. The zero-order valence-electron chi connectivity index (χ0n) is 19.7. The molecule has 0 bridgehead atoms. The van der Waals surface area contributed by atoms with E-state index >= 15 is 0 Å². The molecule has 0 aliphatic rings. The highest BCUT2D eigenvalue weighted by Crippen LogP contribution is 2.32. The molecule has 0 saturated carbocycles. The summed E-state index contributed by atoms with van der Waals surface area (Å²) in [6.07, 6.45) is 3.12. The molecule has 0 fully saturated rings. The maximum Gasteiger partial charge on any atom is 0.161 e. The highest BCUT2D eigenvalue weighted by atomic mass is 32.2. The molecule has 0 unspecified atom stereocenters. The maximum atomic E-state index is 14.5. The normalized spacial score (nSPS) is 11.9. The Morgan fingerprint density at radius 3 is 2.59 bits per heavy atom. The third-order valence-electron chi connectivity index (χ3n) is 6.10. The number of H-pyrrole nitrogens is 2. The van der Waals surface area contributed by atoms with E-state index in [9.17, 15) is 12.8 Å². The number of aryl methyl sites for hydroxylation is 1. The zero-order valence-corrected chi connectivity index (χ0v) is 20.6. The Morgan fingerprint density at radius 1 is 0.892 bits per heavy atom. The molecule has 2 aromatic carbocycles. The van der Waals surface area contributed by atoms with Crippen molar-refractivity contribution in [2.24, 2.45) is 0 Å². The summed E-state index contributed by atoms with van der Waals surface area (Å²) in [4.78, 5) is 17.3. The van der Waals surface area contributed by atoms with Crippen molar-refractivity contribution < 1.29 is 12.8 Å². The van der Waals surface area contributed by atoms with E-state index in [1.807, 2.05) is 54.6 Å². The summed E-state index contributed by atoms with van der Waals surface area (Å²) in [5, 5.41) is 7.46. The van der Waals surface area contributed by atoms with Crippen molar-refractivity contribution in [3.63, 3.8) is 0 Å². The van der Waals surface area contributed by atoms with Gasteiger partial charge < -0.3 is 4.98 Å². The first kappa shape index (κ1) is 23.0. The van der Waals surface area contributed by atoms with Gasteiger partial charge in [0.2, 0.25) is 0 Å². The van der Waals surface area contributed by atoms with E-state index in [0.717, 1.165) is 22.3 Å². The predicted octanol–water partition coefficient (Wildman–Crippen LogP) is 4.96. The Labute approximate surface area is 211 Å². The topological polar surface area (TPSA) is 117 Å². The van der Waals surface area contributed by atoms with Crippen molar-refractivity contribution >= 4 is 31.9 Å². The molecule has 0 radical (unpaired) electrons. The minimum Gasteiger partial charge on any atom is -0.336 e. The van der Waals surface area contributed by atoms with E-state index in [1.165, 1.54) is 18.4 Å². The molecule has 0 aliphatic heterocycles. The molecule has 8 nitrogen and oxygen atoms in total. The first-order valence-corrected chi connectivity index (χ1v) is 13.6. The molecule has 0 aliphatic carbocycles. The molecule has 4 aromatic heterocycles. The van der Waals surface area contributed by atoms with Gasteiger partial charge in [-0.1, -0.05) is 24.3 Å². The third-order valence-corrected chi connectivity index (χ3v) is 7.05. The van der Waals surface area contributed by atoms with Gasteiger partial charge in [-0.3, -0.25) is 10.1 Å². The highest BCUT2D eigenvalue weighted by molar-refractivity contribution is 7.90. The number of aromatic nitrogens is 6. The van der Waals surface area contributed by atoms with Gasteiger partial charge in [0.05, 0.1) is 33.7 Å². The fourth-order valence-electron chi connectivity index (χ4n) is 4.35.